The van der Waals surface area contributed by atoms with Gasteiger partial charge in [0.1, 0.15) is 12.4 Å². The molecule has 0 radical (unpaired) electrons. The fraction of sp³-hybridized carbons (Fsp3) is 0.176. The van der Waals surface area contributed by atoms with Crippen molar-refractivity contribution in [3.05, 3.63) is 75.6 Å². The van der Waals surface area contributed by atoms with Crippen molar-refractivity contribution in [1.29, 1.82) is 0 Å². The molecule has 24 heavy (non-hydrogen) atoms. The smallest absolute Gasteiger partial charge is 0.306 e. The Morgan fingerprint density at radius 2 is 1.62 bits per heavy atom. The third-order valence-electron chi connectivity index (χ3n) is 3.27. The third-order valence-corrected chi connectivity index (χ3v) is 3.27. The first-order valence-corrected chi connectivity index (χ1v) is 7.13. The van der Waals surface area contributed by atoms with Crippen molar-refractivity contribution in [3.63, 3.8) is 0 Å². The van der Waals surface area contributed by atoms with Gasteiger partial charge < -0.3 is 4.74 Å². The number of non-ortho nitro benzene ring substituents is 1. The number of nitrogens with zero attached hydrogens (tertiary/aromatic N) is 1. The van der Waals surface area contributed by atoms with Crippen LogP contribution in [-0.4, -0.2) is 16.7 Å². The number of hydrogen-bond donors (Lipinski definition) is 0. The first-order chi connectivity index (χ1) is 11.5. The first kappa shape index (κ1) is 17.3. The second kappa shape index (κ2) is 7.96. The summed E-state index contributed by atoms with van der Waals surface area (Å²) in [5.41, 5.74) is 0.897. The van der Waals surface area contributed by atoms with E-state index in [4.69, 9.17) is 4.74 Å². The van der Waals surface area contributed by atoms with Crippen LogP contribution in [0.3, 0.4) is 0 Å². The second-order valence-corrected chi connectivity index (χ2v) is 5.01. The van der Waals surface area contributed by atoms with Crippen LogP contribution in [0.5, 0.6) is 0 Å². The van der Waals surface area contributed by atoms with Crippen molar-refractivity contribution in [2.45, 2.75) is 19.4 Å². The Labute approximate surface area is 137 Å². The highest BCUT2D eigenvalue weighted by atomic mass is 19.1. The molecule has 0 N–H and O–H groups in total. The Kier molecular flexibility index (Phi) is 5.73. The lowest BCUT2D eigenvalue weighted by molar-refractivity contribution is -0.384. The van der Waals surface area contributed by atoms with Crippen LogP contribution in [-0.2, 0) is 16.1 Å². The Bertz CT molecular complexity index is 741. The predicted molar refractivity (Wildman–Crippen MR) is 82.9 cm³/mol. The minimum absolute atomic E-state index is 0.0262. The van der Waals surface area contributed by atoms with Gasteiger partial charge in [-0.2, -0.15) is 0 Å². The van der Waals surface area contributed by atoms with Crippen molar-refractivity contribution >= 4 is 17.4 Å². The van der Waals surface area contributed by atoms with Crippen molar-refractivity contribution in [3.8, 4) is 0 Å². The molecule has 6 nitrogen and oxygen atoms in total. The number of benzene rings is 2. The normalized spacial score (nSPS) is 10.2. The molecule has 2 aromatic rings. The molecule has 7 heteroatoms. The predicted octanol–water partition coefficient (Wildman–Crippen LogP) is 3.44. The van der Waals surface area contributed by atoms with Gasteiger partial charge in [0.05, 0.1) is 11.3 Å². The van der Waals surface area contributed by atoms with Crippen molar-refractivity contribution < 1.29 is 23.6 Å². The maximum absolute atomic E-state index is 12.8. The fourth-order valence-corrected chi connectivity index (χ4v) is 1.95. The van der Waals surface area contributed by atoms with Gasteiger partial charge in [-0.3, -0.25) is 19.7 Å². The Morgan fingerprint density at radius 1 is 1.00 bits per heavy atom. The molecule has 0 aliphatic carbocycles. The van der Waals surface area contributed by atoms with Gasteiger partial charge >= 0.3 is 5.97 Å². The van der Waals surface area contributed by atoms with E-state index < -0.39 is 16.7 Å². The number of carbonyl (C=O) groups is 2. The monoisotopic (exact) mass is 331 g/mol. The average molecular weight is 331 g/mol. The molecule has 0 heterocycles. The van der Waals surface area contributed by atoms with Gasteiger partial charge in [-0.25, -0.2) is 4.39 Å². The maximum Gasteiger partial charge on any atom is 0.306 e. The van der Waals surface area contributed by atoms with Crippen LogP contribution >= 0.6 is 0 Å². The molecular weight excluding hydrogens is 317 g/mol. The zero-order valence-corrected chi connectivity index (χ0v) is 12.6. The molecule has 0 fully saturated rings. The largest absolute Gasteiger partial charge is 0.461 e. The second-order valence-electron chi connectivity index (χ2n) is 5.01. The molecule has 0 unspecified atom stereocenters. The Balaban J connectivity index is 1.77. The summed E-state index contributed by atoms with van der Waals surface area (Å²) in [6.45, 7) is -0.0262. The molecule has 0 aromatic heterocycles. The van der Waals surface area contributed by atoms with Crippen molar-refractivity contribution in [2.75, 3.05) is 0 Å². The summed E-state index contributed by atoms with van der Waals surface area (Å²) in [6.07, 6.45) is -0.131. The van der Waals surface area contributed by atoms with E-state index in [2.05, 4.69) is 0 Å². The quantitative estimate of drug-likeness (QED) is 0.336. The summed E-state index contributed by atoms with van der Waals surface area (Å²) in [4.78, 5) is 33.5. The standard InChI is InChI=1S/C17H14FNO5/c18-14-5-3-13(4-6-14)16(20)9-10-17(21)24-11-12-1-7-15(8-2-12)19(22)23/h1-8H,9-11H2. The molecule has 0 saturated heterocycles. The zero-order valence-electron chi connectivity index (χ0n) is 12.6. The zero-order chi connectivity index (χ0) is 17.5. The number of halogens is 1. The van der Waals surface area contributed by atoms with E-state index in [9.17, 15) is 24.1 Å². The van der Waals surface area contributed by atoms with Gasteiger partial charge in [-0.15, -0.1) is 0 Å². The number of hydrogen-bond acceptors (Lipinski definition) is 5. The fourth-order valence-electron chi connectivity index (χ4n) is 1.95. The summed E-state index contributed by atoms with van der Waals surface area (Å²) in [7, 11) is 0. The maximum atomic E-state index is 12.8. The van der Waals surface area contributed by atoms with Gasteiger partial charge in [0.2, 0.25) is 0 Å². The Hall–Kier alpha value is -3.09. The molecule has 0 bridgehead atoms. The summed E-state index contributed by atoms with van der Waals surface area (Å²) in [5, 5.41) is 10.5. The molecule has 124 valence electrons. The lowest BCUT2D eigenvalue weighted by Crippen LogP contribution is -2.08. The molecule has 0 aliphatic rings. The topological polar surface area (TPSA) is 86.5 Å². The van der Waals surface area contributed by atoms with E-state index >= 15 is 0 Å². The highest BCUT2D eigenvalue weighted by molar-refractivity contribution is 5.97. The van der Waals surface area contributed by atoms with Gasteiger partial charge in [0.15, 0.2) is 5.78 Å². The highest BCUT2D eigenvalue weighted by Gasteiger charge is 2.11. The van der Waals surface area contributed by atoms with Crippen molar-refractivity contribution in [1.82, 2.24) is 0 Å². The van der Waals surface area contributed by atoms with Gasteiger partial charge in [0, 0.05) is 24.1 Å². The molecule has 2 rings (SSSR count). The number of nitro groups is 1. The summed E-state index contributed by atoms with van der Waals surface area (Å²) in [6, 6.07) is 10.7. The molecule has 2 aromatic carbocycles. The van der Waals surface area contributed by atoms with Crippen LogP contribution in [0.2, 0.25) is 0 Å². The number of nitro benzene ring substituents is 1. The van der Waals surface area contributed by atoms with Crippen LogP contribution in [0.25, 0.3) is 0 Å². The van der Waals surface area contributed by atoms with E-state index in [0.29, 0.717) is 11.1 Å². The SMILES string of the molecule is O=C(CCC(=O)c1ccc(F)cc1)OCc1ccc([N+](=O)[O-])cc1. The summed E-state index contributed by atoms with van der Waals surface area (Å²) < 4.78 is 17.8. The average Bonchev–Trinajstić information content (AvgIpc) is 2.58. The van der Waals surface area contributed by atoms with E-state index in [1.807, 2.05) is 0 Å². The van der Waals surface area contributed by atoms with Crippen molar-refractivity contribution in [2.24, 2.45) is 0 Å². The van der Waals surface area contributed by atoms with E-state index in [1.165, 1.54) is 48.5 Å². The number of rotatable bonds is 7. The van der Waals surface area contributed by atoms with Gasteiger partial charge in [-0.05, 0) is 42.0 Å². The van der Waals surface area contributed by atoms with Crippen LogP contribution < -0.4 is 0 Å². The molecule has 0 atom stereocenters. The molecule has 0 amide bonds. The minimum Gasteiger partial charge on any atom is -0.461 e. The first-order valence-electron chi connectivity index (χ1n) is 7.13. The van der Waals surface area contributed by atoms with Gasteiger partial charge in [0.25, 0.3) is 5.69 Å². The number of Topliss-reactive ketones (excluding diaryl/α,β-unsaturated/α-hetero) is 1. The minimum atomic E-state index is -0.552. The van der Waals surface area contributed by atoms with E-state index in [1.54, 1.807) is 0 Å². The van der Waals surface area contributed by atoms with Gasteiger partial charge in [-0.1, -0.05) is 0 Å². The highest BCUT2D eigenvalue weighted by Crippen LogP contribution is 2.13. The van der Waals surface area contributed by atoms with E-state index in [-0.39, 0.29) is 30.9 Å². The lowest BCUT2D eigenvalue weighted by Gasteiger charge is -2.05. The molecule has 0 saturated carbocycles. The number of ether oxygens (including phenoxy) is 1. The molecule has 0 aliphatic heterocycles. The number of carbonyl (C=O) groups excluding carboxylic acids is 2. The molecular formula is C17H14FNO5. The third kappa shape index (κ3) is 4.98. The van der Waals surface area contributed by atoms with E-state index in [0.717, 1.165) is 0 Å². The van der Waals surface area contributed by atoms with Crippen LogP contribution in [0.4, 0.5) is 10.1 Å². The molecule has 0 spiro atoms. The number of esters is 1. The summed E-state index contributed by atoms with van der Waals surface area (Å²) >= 11 is 0. The summed E-state index contributed by atoms with van der Waals surface area (Å²) in [5.74, 6) is -1.26. The van der Waals surface area contributed by atoms with Crippen LogP contribution in [0, 0.1) is 15.9 Å². The number of ketones is 1. The lowest BCUT2D eigenvalue weighted by atomic mass is 10.1. The van der Waals surface area contributed by atoms with Crippen LogP contribution in [0.1, 0.15) is 28.8 Å². The Morgan fingerprint density at radius 3 is 2.21 bits per heavy atom. The van der Waals surface area contributed by atoms with Crippen LogP contribution in [0.15, 0.2) is 48.5 Å².